The molecule has 8 heteroatoms. The van der Waals surface area contributed by atoms with Crippen LogP contribution in [0.25, 0.3) is 55.8 Å². The third kappa shape index (κ3) is 2.89. The van der Waals surface area contributed by atoms with Crippen LogP contribution in [0.1, 0.15) is 0 Å². The summed E-state index contributed by atoms with van der Waals surface area (Å²) in [5.41, 5.74) is 12.1. The standard InChI is InChI=1S/C24H16FN7/c25-19-6-2-1-4-16(19)17-5-3-7-20-21(17)30-24(29-20)22-18-9-14(11-28-23(18)32-31-22)13-8-15(26)12-27-10-13/h1-12H,26H2,(H,29,30)(H,28,31,32). The molecule has 154 valence electrons. The molecule has 7 nitrogen and oxygen atoms in total. The van der Waals surface area contributed by atoms with Gasteiger partial charge in [0.25, 0.3) is 0 Å². The predicted octanol–water partition coefficient (Wildman–Crippen LogP) is 4.95. The molecule has 6 aromatic rings. The molecule has 4 aromatic heterocycles. The quantitative estimate of drug-likeness (QED) is 0.374. The van der Waals surface area contributed by atoms with E-state index in [-0.39, 0.29) is 5.82 Å². The van der Waals surface area contributed by atoms with Gasteiger partial charge in [0.1, 0.15) is 11.5 Å². The van der Waals surface area contributed by atoms with E-state index in [9.17, 15) is 4.39 Å². The van der Waals surface area contributed by atoms with Crippen LogP contribution < -0.4 is 5.73 Å². The number of anilines is 1. The molecule has 4 N–H and O–H groups in total. The zero-order valence-corrected chi connectivity index (χ0v) is 16.7. The Labute approximate surface area is 181 Å². The summed E-state index contributed by atoms with van der Waals surface area (Å²) in [6.07, 6.45) is 5.08. The number of nitrogen functional groups attached to an aromatic ring is 1. The van der Waals surface area contributed by atoms with Crippen molar-refractivity contribution in [2.75, 3.05) is 5.73 Å². The molecule has 0 saturated carbocycles. The molecular formula is C24H16FN7. The number of H-pyrrole nitrogens is 2. The maximum Gasteiger partial charge on any atom is 0.159 e. The maximum absolute atomic E-state index is 14.4. The third-order valence-corrected chi connectivity index (χ3v) is 5.41. The molecule has 0 aliphatic rings. The van der Waals surface area contributed by atoms with Crippen molar-refractivity contribution in [3.8, 4) is 33.8 Å². The lowest BCUT2D eigenvalue weighted by atomic mass is 10.0. The molecule has 0 atom stereocenters. The fourth-order valence-corrected chi connectivity index (χ4v) is 3.90. The lowest BCUT2D eigenvalue weighted by molar-refractivity contribution is 0.631. The van der Waals surface area contributed by atoms with Crippen molar-refractivity contribution in [1.29, 1.82) is 0 Å². The Morgan fingerprint density at radius 1 is 0.875 bits per heavy atom. The van der Waals surface area contributed by atoms with Crippen LogP contribution in [0, 0.1) is 5.82 Å². The molecule has 0 spiro atoms. The van der Waals surface area contributed by atoms with Crippen LogP contribution in [-0.2, 0) is 0 Å². The van der Waals surface area contributed by atoms with E-state index < -0.39 is 0 Å². The van der Waals surface area contributed by atoms with Crippen LogP contribution in [-0.4, -0.2) is 30.1 Å². The average molecular weight is 421 g/mol. The van der Waals surface area contributed by atoms with Gasteiger partial charge in [-0.25, -0.2) is 14.4 Å². The van der Waals surface area contributed by atoms with E-state index in [1.807, 2.05) is 36.4 Å². The van der Waals surface area contributed by atoms with Gasteiger partial charge in [-0.1, -0.05) is 30.3 Å². The van der Waals surface area contributed by atoms with Gasteiger partial charge in [0, 0.05) is 40.8 Å². The van der Waals surface area contributed by atoms with Gasteiger partial charge in [-0.3, -0.25) is 10.1 Å². The number of nitrogens with two attached hydrogens (primary N) is 1. The van der Waals surface area contributed by atoms with Crippen molar-refractivity contribution in [3.63, 3.8) is 0 Å². The minimum absolute atomic E-state index is 0.292. The number of benzene rings is 2. The molecule has 0 radical (unpaired) electrons. The minimum Gasteiger partial charge on any atom is -0.397 e. The number of nitrogens with zero attached hydrogens (tertiary/aromatic N) is 4. The SMILES string of the molecule is Nc1cncc(-c2cnc3[nH]nc(-c4nc5c(-c6ccccc6F)cccc5[nH]4)c3c2)c1. The summed E-state index contributed by atoms with van der Waals surface area (Å²) in [6.45, 7) is 0. The van der Waals surface area contributed by atoms with Gasteiger partial charge in [0.2, 0.25) is 0 Å². The van der Waals surface area contributed by atoms with Crippen molar-refractivity contribution in [3.05, 3.63) is 79.0 Å². The van der Waals surface area contributed by atoms with E-state index in [1.165, 1.54) is 6.07 Å². The summed E-state index contributed by atoms with van der Waals surface area (Å²) in [4.78, 5) is 16.7. The van der Waals surface area contributed by atoms with Gasteiger partial charge in [0.15, 0.2) is 11.5 Å². The first-order valence-corrected chi connectivity index (χ1v) is 9.96. The second-order valence-corrected chi connectivity index (χ2v) is 7.47. The van der Waals surface area contributed by atoms with Crippen molar-refractivity contribution in [2.45, 2.75) is 0 Å². The van der Waals surface area contributed by atoms with E-state index >= 15 is 0 Å². The Morgan fingerprint density at radius 3 is 2.59 bits per heavy atom. The van der Waals surface area contributed by atoms with E-state index in [1.54, 1.807) is 30.7 Å². The van der Waals surface area contributed by atoms with Crippen molar-refractivity contribution >= 4 is 27.8 Å². The lowest BCUT2D eigenvalue weighted by Crippen LogP contribution is -1.89. The first kappa shape index (κ1) is 18.2. The highest BCUT2D eigenvalue weighted by molar-refractivity contribution is 5.97. The van der Waals surface area contributed by atoms with Gasteiger partial charge in [0.05, 0.1) is 22.1 Å². The Hall–Kier alpha value is -4.59. The Balaban J connectivity index is 1.52. The largest absolute Gasteiger partial charge is 0.397 e. The van der Waals surface area contributed by atoms with E-state index in [0.717, 1.165) is 22.0 Å². The summed E-state index contributed by atoms with van der Waals surface area (Å²) in [7, 11) is 0. The second kappa shape index (κ2) is 6.98. The van der Waals surface area contributed by atoms with Gasteiger partial charge >= 0.3 is 0 Å². The van der Waals surface area contributed by atoms with Crippen molar-refractivity contribution in [2.24, 2.45) is 0 Å². The molecule has 6 rings (SSSR count). The molecule has 2 aromatic carbocycles. The number of aromatic amines is 2. The van der Waals surface area contributed by atoms with Crippen molar-refractivity contribution in [1.82, 2.24) is 30.1 Å². The van der Waals surface area contributed by atoms with Crippen molar-refractivity contribution < 1.29 is 4.39 Å². The zero-order valence-electron chi connectivity index (χ0n) is 16.7. The number of fused-ring (bicyclic) bond motifs is 2. The smallest absolute Gasteiger partial charge is 0.159 e. The van der Waals surface area contributed by atoms with Crippen LogP contribution >= 0.6 is 0 Å². The topological polar surface area (TPSA) is 109 Å². The molecule has 32 heavy (non-hydrogen) atoms. The fourth-order valence-electron chi connectivity index (χ4n) is 3.90. The van der Waals surface area contributed by atoms with Gasteiger partial charge in [-0.05, 0) is 24.3 Å². The Kier molecular flexibility index (Phi) is 3.97. The molecule has 0 aliphatic heterocycles. The average Bonchev–Trinajstić information content (AvgIpc) is 3.43. The number of aromatic nitrogens is 6. The van der Waals surface area contributed by atoms with Crippen LogP contribution in [0.15, 0.2) is 73.2 Å². The number of para-hydroxylation sites is 1. The summed E-state index contributed by atoms with van der Waals surface area (Å²) in [6, 6.07) is 16.1. The number of nitrogens with one attached hydrogen (secondary N) is 2. The Morgan fingerprint density at radius 2 is 1.72 bits per heavy atom. The monoisotopic (exact) mass is 421 g/mol. The van der Waals surface area contributed by atoms with E-state index in [0.29, 0.717) is 39.5 Å². The first-order chi connectivity index (χ1) is 15.7. The number of rotatable bonds is 3. The predicted molar refractivity (Wildman–Crippen MR) is 122 cm³/mol. The van der Waals surface area contributed by atoms with Crippen LogP contribution in [0.2, 0.25) is 0 Å². The first-order valence-electron chi connectivity index (χ1n) is 9.96. The van der Waals surface area contributed by atoms with Crippen LogP contribution in [0.4, 0.5) is 10.1 Å². The molecule has 0 fully saturated rings. The molecule has 0 bridgehead atoms. The molecule has 0 amide bonds. The molecule has 0 unspecified atom stereocenters. The number of pyridine rings is 2. The zero-order chi connectivity index (χ0) is 21.7. The lowest BCUT2D eigenvalue weighted by Gasteiger charge is -2.03. The molecule has 0 aliphatic carbocycles. The van der Waals surface area contributed by atoms with Gasteiger partial charge < -0.3 is 10.7 Å². The fraction of sp³-hybridized carbons (Fsp3) is 0. The highest BCUT2D eigenvalue weighted by Gasteiger charge is 2.17. The van der Waals surface area contributed by atoms with Gasteiger partial charge in [-0.2, -0.15) is 5.10 Å². The van der Waals surface area contributed by atoms with E-state index in [2.05, 4.69) is 25.1 Å². The normalized spacial score (nSPS) is 11.4. The highest BCUT2D eigenvalue weighted by Crippen LogP contribution is 2.33. The van der Waals surface area contributed by atoms with Crippen LogP contribution in [0.3, 0.4) is 0 Å². The Bertz CT molecular complexity index is 1620. The number of hydrogen-bond donors (Lipinski definition) is 3. The number of imidazole rings is 1. The van der Waals surface area contributed by atoms with Gasteiger partial charge in [-0.15, -0.1) is 0 Å². The third-order valence-electron chi connectivity index (χ3n) is 5.41. The number of hydrogen-bond acceptors (Lipinski definition) is 5. The van der Waals surface area contributed by atoms with Crippen LogP contribution in [0.5, 0.6) is 0 Å². The summed E-state index contributed by atoms with van der Waals surface area (Å²) in [5.74, 6) is 0.277. The molecule has 0 saturated heterocycles. The highest BCUT2D eigenvalue weighted by atomic mass is 19.1. The molecular weight excluding hydrogens is 405 g/mol. The summed E-state index contributed by atoms with van der Waals surface area (Å²) >= 11 is 0. The molecule has 4 heterocycles. The minimum atomic E-state index is -0.292. The number of halogens is 1. The summed E-state index contributed by atoms with van der Waals surface area (Å²) in [5, 5.41) is 8.19. The van der Waals surface area contributed by atoms with E-state index in [4.69, 9.17) is 10.7 Å². The summed E-state index contributed by atoms with van der Waals surface area (Å²) < 4.78 is 14.4. The second-order valence-electron chi connectivity index (χ2n) is 7.47. The maximum atomic E-state index is 14.4.